The third-order valence-corrected chi connectivity index (χ3v) is 4.27. The van der Waals surface area contributed by atoms with E-state index in [0.717, 1.165) is 31.3 Å². The lowest BCUT2D eigenvalue weighted by molar-refractivity contribution is -0.141. The van der Waals surface area contributed by atoms with E-state index < -0.39 is 11.9 Å². The fraction of sp³-hybridized carbons (Fsp3) is 0.643. The van der Waals surface area contributed by atoms with E-state index in [1.807, 2.05) is 7.05 Å². The first-order valence-electron chi connectivity index (χ1n) is 7.51. The number of piperidine rings is 1. The number of rotatable bonds is 3. The fourth-order valence-corrected chi connectivity index (χ4v) is 3.09. The average molecular weight is 328 g/mol. The molecular weight excluding hydrogens is 309 g/mol. The van der Waals surface area contributed by atoms with Crippen molar-refractivity contribution in [3.05, 3.63) is 29.6 Å². The van der Waals surface area contributed by atoms with Gasteiger partial charge in [-0.05, 0) is 19.4 Å². The van der Waals surface area contributed by atoms with Crippen molar-refractivity contribution in [3.63, 3.8) is 0 Å². The zero-order valence-electron chi connectivity index (χ0n) is 13.1. The number of imidazole rings is 1. The maximum absolute atomic E-state index is 12.8. The molecule has 0 radical (unpaired) electrons. The molecule has 0 amide bonds. The molecule has 3 rings (SSSR count). The Labute approximate surface area is 131 Å². The molecule has 1 fully saturated rings. The molecule has 6 nitrogen and oxygen atoms in total. The summed E-state index contributed by atoms with van der Waals surface area (Å²) < 4.78 is 41.7. The zero-order chi connectivity index (χ0) is 16.6. The number of hydrogen-bond acceptors (Lipinski definition) is 4. The van der Waals surface area contributed by atoms with Crippen LogP contribution in [0.25, 0.3) is 0 Å². The van der Waals surface area contributed by atoms with Crippen LogP contribution in [0.1, 0.15) is 36.0 Å². The molecule has 2 aromatic heterocycles. The Hall–Kier alpha value is -1.90. The highest BCUT2D eigenvalue weighted by Crippen LogP contribution is 2.32. The van der Waals surface area contributed by atoms with Gasteiger partial charge in [0.1, 0.15) is 5.82 Å². The Morgan fingerprint density at radius 2 is 2.09 bits per heavy atom. The summed E-state index contributed by atoms with van der Waals surface area (Å²) in [5.74, 6) is 0.510. The van der Waals surface area contributed by atoms with Crippen LogP contribution in [0.5, 0.6) is 0 Å². The predicted octanol–water partition coefficient (Wildman–Crippen LogP) is 1.95. The predicted molar refractivity (Wildman–Crippen MR) is 76.5 cm³/mol. The Morgan fingerprint density at radius 3 is 2.70 bits per heavy atom. The van der Waals surface area contributed by atoms with Crippen LogP contribution in [0.4, 0.5) is 13.2 Å². The third kappa shape index (κ3) is 3.39. The van der Waals surface area contributed by atoms with Crippen LogP contribution in [-0.2, 0) is 26.8 Å². The maximum Gasteiger partial charge on any atom is 0.434 e. The quantitative estimate of drug-likeness (QED) is 0.864. The third-order valence-electron chi connectivity index (χ3n) is 4.27. The van der Waals surface area contributed by atoms with Crippen molar-refractivity contribution in [3.8, 4) is 0 Å². The molecule has 23 heavy (non-hydrogen) atoms. The number of alkyl halides is 3. The normalized spacial score (nSPS) is 20.1. The molecule has 1 aliphatic heterocycles. The minimum Gasteiger partial charge on any atom is -0.337 e. The smallest absolute Gasteiger partial charge is 0.337 e. The molecule has 3 heterocycles. The van der Waals surface area contributed by atoms with Gasteiger partial charge in [0, 0.05) is 39.3 Å². The van der Waals surface area contributed by atoms with Gasteiger partial charge in [-0.25, -0.2) is 4.98 Å². The van der Waals surface area contributed by atoms with Gasteiger partial charge in [0.2, 0.25) is 0 Å². The van der Waals surface area contributed by atoms with Gasteiger partial charge < -0.3 is 4.57 Å². The van der Waals surface area contributed by atoms with Gasteiger partial charge in [-0.15, -0.1) is 5.10 Å². The lowest BCUT2D eigenvalue weighted by atomic mass is 9.97. The summed E-state index contributed by atoms with van der Waals surface area (Å²) in [7, 11) is 3.46. The van der Waals surface area contributed by atoms with E-state index in [2.05, 4.69) is 20.2 Å². The topological polar surface area (TPSA) is 51.8 Å². The molecule has 1 aliphatic rings. The van der Waals surface area contributed by atoms with Gasteiger partial charge in [-0.3, -0.25) is 9.58 Å². The summed E-state index contributed by atoms with van der Waals surface area (Å²) in [6, 6.07) is 0. The first kappa shape index (κ1) is 16.0. The minimum absolute atomic E-state index is 0.00559. The summed E-state index contributed by atoms with van der Waals surface area (Å²) in [6.07, 6.45) is 0.169. The van der Waals surface area contributed by atoms with E-state index in [-0.39, 0.29) is 5.92 Å². The first-order valence-corrected chi connectivity index (χ1v) is 7.51. The Morgan fingerprint density at radius 1 is 1.30 bits per heavy atom. The summed E-state index contributed by atoms with van der Waals surface area (Å²) in [5.41, 5.74) is 0.171. The van der Waals surface area contributed by atoms with Crippen LogP contribution in [0.2, 0.25) is 0 Å². The van der Waals surface area contributed by atoms with E-state index in [1.54, 1.807) is 17.9 Å². The molecule has 126 valence electrons. The zero-order valence-corrected chi connectivity index (χ0v) is 13.1. The van der Waals surface area contributed by atoms with Crippen molar-refractivity contribution < 1.29 is 13.2 Å². The Bertz CT molecular complexity index is 674. The van der Waals surface area contributed by atoms with Crippen molar-refractivity contribution in [1.29, 1.82) is 0 Å². The van der Waals surface area contributed by atoms with E-state index in [0.29, 0.717) is 18.9 Å². The van der Waals surface area contributed by atoms with Gasteiger partial charge >= 0.3 is 6.18 Å². The number of hydrogen-bond donors (Lipinski definition) is 0. The van der Waals surface area contributed by atoms with Gasteiger partial charge in [-0.1, -0.05) is 5.21 Å². The Kier molecular flexibility index (Phi) is 4.13. The van der Waals surface area contributed by atoms with E-state index in [9.17, 15) is 13.2 Å². The van der Waals surface area contributed by atoms with Crippen LogP contribution in [-0.4, -0.2) is 42.5 Å². The summed E-state index contributed by atoms with van der Waals surface area (Å²) >= 11 is 0. The molecule has 0 unspecified atom stereocenters. The molecular formula is C14H19F3N6. The second kappa shape index (κ2) is 5.95. The van der Waals surface area contributed by atoms with Crippen LogP contribution in [0.15, 0.2) is 12.4 Å². The van der Waals surface area contributed by atoms with E-state index in [4.69, 9.17) is 0 Å². The van der Waals surface area contributed by atoms with Crippen molar-refractivity contribution in [1.82, 2.24) is 29.4 Å². The molecule has 9 heteroatoms. The van der Waals surface area contributed by atoms with Crippen molar-refractivity contribution in [2.45, 2.75) is 31.5 Å². The second-order valence-electron chi connectivity index (χ2n) is 6.02. The highest BCUT2D eigenvalue weighted by molar-refractivity contribution is 5.12. The van der Waals surface area contributed by atoms with Gasteiger partial charge in [0.15, 0.2) is 5.69 Å². The van der Waals surface area contributed by atoms with Gasteiger partial charge in [-0.2, -0.15) is 13.2 Å². The fourth-order valence-electron chi connectivity index (χ4n) is 3.09. The highest BCUT2D eigenvalue weighted by atomic mass is 19.4. The van der Waals surface area contributed by atoms with Crippen molar-refractivity contribution in [2.24, 2.45) is 14.1 Å². The van der Waals surface area contributed by atoms with Crippen LogP contribution < -0.4 is 0 Å². The van der Waals surface area contributed by atoms with Crippen LogP contribution in [0.3, 0.4) is 0 Å². The summed E-state index contributed by atoms with van der Waals surface area (Å²) in [6.45, 7) is 2.29. The summed E-state index contributed by atoms with van der Waals surface area (Å²) in [4.78, 5) is 6.05. The van der Waals surface area contributed by atoms with Crippen molar-refractivity contribution in [2.75, 3.05) is 13.1 Å². The first-order chi connectivity index (χ1) is 10.8. The number of likely N-dealkylation sites (tertiary alicyclic amines) is 1. The maximum atomic E-state index is 12.8. The van der Waals surface area contributed by atoms with Gasteiger partial charge in [0.25, 0.3) is 0 Å². The monoisotopic (exact) mass is 328 g/mol. The van der Waals surface area contributed by atoms with Crippen LogP contribution >= 0.6 is 0 Å². The second-order valence-corrected chi connectivity index (χ2v) is 6.02. The molecule has 2 aromatic rings. The average Bonchev–Trinajstić information content (AvgIpc) is 3.06. The highest BCUT2D eigenvalue weighted by Gasteiger charge is 2.36. The Balaban J connectivity index is 1.74. The number of aryl methyl sites for hydroxylation is 2. The van der Waals surface area contributed by atoms with Gasteiger partial charge in [0.05, 0.1) is 11.9 Å². The molecule has 0 spiro atoms. The molecule has 0 N–H and O–H groups in total. The minimum atomic E-state index is -4.40. The van der Waals surface area contributed by atoms with Crippen molar-refractivity contribution >= 4 is 0 Å². The molecule has 1 atom stereocenters. The number of halogens is 3. The molecule has 0 saturated carbocycles. The largest absolute Gasteiger partial charge is 0.434 e. The van der Waals surface area contributed by atoms with E-state index in [1.165, 1.54) is 4.57 Å². The summed E-state index contributed by atoms with van der Waals surface area (Å²) in [5, 5.41) is 7.76. The SMILES string of the molecule is Cn1cc(C(F)(F)F)nc1[C@H]1CCCN(Cc2cnnn2C)C1. The van der Waals surface area contributed by atoms with Crippen LogP contribution in [0, 0.1) is 0 Å². The molecule has 0 aliphatic carbocycles. The molecule has 1 saturated heterocycles. The lowest BCUT2D eigenvalue weighted by Crippen LogP contribution is -2.35. The number of nitrogens with zero attached hydrogens (tertiary/aromatic N) is 6. The standard InChI is InChI=1S/C14H19F3N6/c1-21-9-12(14(15,16)17)19-13(21)10-4-3-5-23(7-10)8-11-6-18-20-22(11)2/h6,9-10H,3-5,7-8H2,1-2H3/t10-/m0/s1. The van der Waals surface area contributed by atoms with E-state index >= 15 is 0 Å². The molecule has 0 aromatic carbocycles. The lowest BCUT2D eigenvalue weighted by Gasteiger charge is -2.32. The molecule has 0 bridgehead atoms. The number of aromatic nitrogens is 5.